The summed E-state index contributed by atoms with van der Waals surface area (Å²) in [4.78, 5) is 22.9. The fourth-order valence-corrected chi connectivity index (χ4v) is 4.09. The van der Waals surface area contributed by atoms with Crippen molar-refractivity contribution in [1.82, 2.24) is 20.2 Å². The van der Waals surface area contributed by atoms with Crippen LogP contribution in [0.1, 0.15) is 5.56 Å². The summed E-state index contributed by atoms with van der Waals surface area (Å²) in [6.07, 6.45) is 4.41. The van der Waals surface area contributed by atoms with Crippen LogP contribution < -0.4 is 5.43 Å². The van der Waals surface area contributed by atoms with Gasteiger partial charge >= 0.3 is 0 Å². The van der Waals surface area contributed by atoms with Gasteiger partial charge in [0.2, 0.25) is 0 Å². The third-order valence-corrected chi connectivity index (χ3v) is 6.02. The van der Waals surface area contributed by atoms with Gasteiger partial charge in [-0.3, -0.25) is 19.5 Å². The van der Waals surface area contributed by atoms with E-state index in [0.29, 0.717) is 21.6 Å². The van der Waals surface area contributed by atoms with E-state index in [9.17, 15) is 14.9 Å². The molecule has 0 aliphatic carbocycles. The summed E-state index contributed by atoms with van der Waals surface area (Å²) in [6.45, 7) is 0. The predicted molar refractivity (Wildman–Crippen MR) is 141 cm³/mol. The molecule has 0 saturated carbocycles. The number of carbonyl (C=O) groups is 1. The number of hydrazone groups is 1. The van der Waals surface area contributed by atoms with E-state index >= 15 is 0 Å². The maximum atomic E-state index is 12.3. The summed E-state index contributed by atoms with van der Waals surface area (Å²) >= 11 is 7.27. The standard InChI is InChI=1S/C25H19ClN6O3S/c26-20-12-14-21(15-13-20)31-24(19-8-2-1-3-9-19)29-30-25(31)36-17-23(33)28-27-16-6-10-18-7-4-5-11-22(18)32(34)35/h1-16H,17H2,(H,28,33)/b10-6-,27-16+. The fourth-order valence-electron chi connectivity index (χ4n) is 3.22. The van der Waals surface area contributed by atoms with Crippen molar-refractivity contribution < 1.29 is 9.72 Å². The van der Waals surface area contributed by atoms with E-state index in [4.69, 9.17) is 11.6 Å². The van der Waals surface area contributed by atoms with E-state index in [2.05, 4.69) is 20.7 Å². The number of allylic oxidation sites excluding steroid dienone is 1. The Morgan fingerprint density at radius 3 is 2.53 bits per heavy atom. The lowest BCUT2D eigenvalue weighted by Crippen LogP contribution is -2.19. The Morgan fingerprint density at radius 1 is 1.06 bits per heavy atom. The van der Waals surface area contributed by atoms with Crippen molar-refractivity contribution in [2.75, 3.05) is 5.75 Å². The summed E-state index contributed by atoms with van der Waals surface area (Å²) < 4.78 is 1.86. The molecule has 1 N–H and O–H groups in total. The molecule has 180 valence electrons. The van der Waals surface area contributed by atoms with Crippen LogP contribution in [0.15, 0.2) is 95.2 Å². The minimum absolute atomic E-state index is 0.0118. The van der Waals surface area contributed by atoms with Gasteiger partial charge in [0.15, 0.2) is 11.0 Å². The smallest absolute Gasteiger partial charge is 0.272 e. The highest BCUT2D eigenvalue weighted by atomic mass is 35.5. The first-order valence-corrected chi connectivity index (χ1v) is 12.0. The molecule has 9 nitrogen and oxygen atoms in total. The number of nitro groups is 1. The van der Waals surface area contributed by atoms with E-state index < -0.39 is 4.92 Å². The number of benzene rings is 3. The second-order valence-corrected chi connectivity index (χ2v) is 8.64. The molecule has 11 heteroatoms. The molecule has 4 rings (SSSR count). The number of carbonyl (C=O) groups excluding carboxylic acids is 1. The first-order valence-electron chi connectivity index (χ1n) is 10.6. The van der Waals surface area contributed by atoms with E-state index in [1.165, 1.54) is 30.1 Å². The molecule has 0 aliphatic heterocycles. The highest BCUT2D eigenvalue weighted by Gasteiger charge is 2.17. The molecule has 36 heavy (non-hydrogen) atoms. The summed E-state index contributed by atoms with van der Waals surface area (Å²) in [5.74, 6) is 0.340. The van der Waals surface area contributed by atoms with Crippen molar-refractivity contribution in [1.29, 1.82) is 0 Å². The summed E-state index contributed by atoms with van der Waals surface area (Å²) in [5.41, 5.74) is 4.55. The van der Waals surface area contributed by atoms with E-state index in [1.807, 2.05) is 47.0 Å². The van der Waals surface area contributed by atoms with Gasteiger partial charge in [-0.05, 0) is 42.5 Å². The number of nitrogens with zero attached hydrogens (tertiary/aromatic N) is 5. The van der Waals surface area contributed by atoms with Gasteiger partial charge in [-0.1, -0.05) is 65.8 Å². The number of hydrogen-bond acceptors (Lipinski definition) is 7. The third-order valence-electron chi connectivity index (χ3n) is 4.84. The van der Waals surface area contributed by atoms with Gasteiger partial charge in [-0.2, -0.15) is 5.10 Å². The van der Waals surface area contributed by atoms with Crippen LogP contribution >= 0.6 is 23.4 Å². The number of thioether (sulfide) groups is 1. The first-order chi connectivity index (χ1) is 17.5. The molecule has 0 saturated heterocycles. The van der Waals surface area contributed by atoms with Crippen LogP contribution in [0.4, 0.5) is 5.69 Å². The molecule has 1 amide bonds. The van der Waals surface area contributed by atoms with Crippen LogP contribution in [-0.4, -0.2) is 37.6 Å². The first kappa shape index (κ1) is 24.8. The predicted octanol–water partition coefficient (Wildman–Crippen LogP) is 5.40. The quantitative estimate of drug-likeness (QED) is 0.137. The van der Waals surface area contributed by atoms with Gasteiger partial charge in [-0.15, -0.1) is 10.2 Å². The Balaban J connectivity index is 1.42. The Labute approximate surface area is 215 Å². The fraction of sp³-hybridized carbons (Fsp3) is 0.0400. The van der Waals surface area contributed by atoms with E-state index in [-0.39, 0.29) is 17.3 Å². The van der Waals surface area contributed by atoms with E-state index in [1.54, 1.807) is 36.4 Å². The van der Waals surface area contributed by atoms with Gasteiger partial charge in [0, 0.05) is 28.6 Å². The molecule has 1 heterocycles. The molecule has 0 atom stereocenters. The Hall–Kier alpha value is -4.28. The number of para-hydroxylation sites is 1. The van der Waals surface area contributed by atoms with Crippen molar-refractivity contribution in [3.63, 3.8) is 0 Å². The molecule has 1 aromatic heterocycles. The van der Waals surface area contributed by atoms with Crippen LogP contribution in [0.3, 0.4) is 0 Å². The highest BCUT2D eigenvalue weighted by Crippen LogP contribution is 2.28. The Morgan fingerprint density at radius 2 is 1.78 bits per heavy atom. The van der Waals surface area contributed by atoms with Crippen molar-refractivity contribution in [2.24, 2.45) is 5.10 Å². The van der Waals surface area contributed by atoms with Gasteiger partial charge in [0.05, 0.1) is 16.2 Å². The van der Waals surface area contributed by atoms with Gasteiger partial charge in [0.1, 0.15) is 0 Å². The number of nitro benzene ring substituents is 1. The molecule has 0 aliphatic rings. The van der Waals surface area contributed by atoms with Crippen molar-refractivity contribution >= 4 is 47.2 Å². The lowest BCUT2D eigenvalue weighted by atomic mass is 10.2. The molecule has 0 unspecified atom stereocenters. The normalized spacial score (nSPS) is 11.2. The molecular weight excluding hydrogens is 500 g/mol. The van der Waals surface area contributed by atoms with Gasteiger partial charge in [0.25, 0.3) is 11.6 Å². The molecule has 4 aromatic rings. The van der Waals surface area contributed by atoms with Crippen molar-refractivity contribution in [3.8, 4) is 17.1 Å². The Kier molecular flexibility index (Phi) is 8.22. The second-order valence-electron chi connectivity index (χ2n) is 7.26. The van der Waals surface area contributed by atoms with Crippen molar-refractivity contribution in [2.45, 2.75) is 5.16 Å². The van der Waals surface area contributed by atoms with Gasteiger partial charge in [-0.25, -0.2) is 5.43 Å². The minimum atomic E-state index is -0.457. The lowest BCUT2D eigenvalue weighted by molar-refractivity contribution is -0.385. The zero-order valence-electron chi connectivity index (χ0n) is 18.7. The average Bonchev–Trinajstić information content (AvgIpc) is 3.32. The largest absolute Gasteiger partial charge is 0.276 e. The number of halogens is 1. The maximum absolute atomic E-state index is 12.3. The number of hydrogen-bond donors (Lipinski definition) is 1. The minimum Gasteiger partial charge on any atom is -0.272 e. The van der Waals surface area contributed by atoms with Crippen LogP contribution in [0, 0.1) is 10.1 Å². The highest BCUT2D eigenvalue weighted by molar-refractivity contribution is 7.99. The maximum Gasteiger partial charge on any atom is 0.276 e. The average molecular weight is 519 g/mol. The SMILES string of the molecule is O=C(CSc1nnc(-c2ccccc2)n1-c1ccc(Cl)cc1)N/N=C/C=C\c1ccccc1[N+](=O)[O-]. The third kappa shape index (κ3) is 6.23. The molecule has 3 aromatic carbocycles. The molecule has 0 bridgehead atoms. The number of aromatic nitrogens is 3. The Bertz CT molecular complexity index is 1420. The number of nitrogens with one attached hydrogen (secondary N) is 1. The number of rotatable bonds is 9. The lowest BCUT2D eigenvalue weighted by Gasteiger charge is -2.10. The number of amides is 1. The van der Waals surface area contributed by atoms with Gasteiger partial charge < -0.3 is 0 Å². The summed E-state index contributed by atoms with van der Waals surface area (Å²) in [5, 5.41) is 24.7. The zero-order chi connectivity index (χ0) is 25.3. The summed E-state index contributed by atoms with van der Waals surface area (Å²) in [7, 11) is 0. The van der Waals surface area contributed by atoms with Crippen LogP contribution in [0.2, 0.25) is 5.02 Å². The molecular formula is C25H19ClN6O3S. The van der Waals surface area contributed by atoms with Crippen molar-refractivity contribution in [3.05, 3.63) is 106 Å². The monoisotopic (exact) mass is 518 g/mol. The molecule has 0 fully saturated rings. The van der Waals surface area contributed by atoms with Crippen LogP contribution in [0.25, 0.3) is 23.2 Å². The van der Waals surface area contributed by atoms with Crippen LogP contribution in [-0.2, 0) is 4.79 Å². The molecule has 0 radical (unpaired) electrons. The summed E-state index contributed by atoms with van der Waals surface area (Å²) in [6, 6.07) is 23.2. The van der Waals surface area contributed by atoms with E-state index in [0.717, 1.165) is 11.3 Å². The molecule has 0 spiro atoms. The topological polar surface area (TPSA) is 115 Å². The zero-order valence-corrected chi connectivity index (χ0v) is 20.3. The second kappa shape index (κ2) is 11.9. The van der Waals surface area contributed by atoms with Crippen LogP contribution in [0.5, 0.6) is 0 Å².